The number of aryl methyl sites for hydroxylation is 1. The first-order chi connectivity index (χ1) is 11.0. The van der Waals surface area contributed by atoms with Crippen molar-refractivity contribution in [3.63, 3.8) is 0 Å². The molecule has 3 heteroatoms. The molecule has 4 atom stereocenters. The lowest BCUT2D eigenvalue weighted by Crippen LogP contribution is -2.26. The highest BCUT2D eigenvalue weighted by Gasteiger charge is 2.33. The lowest BCUT2D eigenvalue weighted by Gasteiger charge is -2.38. The van der Waals surface area contributed by atoms with Crippen LogP contribution in [0.1, 0.15) is 75.1 Å². The van der Waals surface area contributed by atoms with Gasteiger partial charge in [-0.2, -0.15) is 0 Å². The smallest absolute Gasteiger partial charge is 0.405 e. The molecular formula is C20H29NO2. The largest absolute Gasteiger partial charge is 0.465 e. The summed E-state index contributed by atoms with van der Waals surface area (Å²) in [4.78, 5) is 10.9. The Morgan fingerprint density at radius 2 is 2.04 bits per heavy atom. The molecule has 0 radical (unpaired) electrons. The summed E-state index contributed by atoms with van der Waals surface area (Å²) in [7, 11) is 0. The number of nitrogens with one attached hydrogen (secondary N) is 1. The maximum absolute atomic E-state index is 10.9. The van der Waals surface area contributed by atoms with Crippen LogP contribution in [0.3, 0.4) is 0 Å². The van der Waals surface area contributed by atoms with E-state index in [1.165, 1.54) is 36.0 Å². The van der Waals surface area contributed by atoms with Gasteiger partial charge in [0.15, 0.2) is 0 Å². The number of fused-ring (bicyclic) bond motifs is 1. The lowest BCUT2D eigenvalue weighted by molar-refractivity contribution is 0.190. The standard InChI is InChI=1S/C20H29NO2/c1-12(2)16-7-4-13(3)10-18(16)15-5-8-17-14(11-15)6-9-19(17)21-20(22)23/h5,8,11-13,16,18-19,21H,4,6-7,9-10H2,1-3H3,(H,22,23)/t13-,16+,18+,19-/m1/s1. The van der Waals surface area contributed by atoms with Gasteiger partial charge in [-0.25, -0.2) is 4.79 Å². The van der Waals surface area contributed by atoms with Crippen LogP contribution < -0.4 is 5.32 Å². The SMILES string of the molecule is CC(C)[C@@H]1CC[C@@H](C)C[C@H]1c1ccc2c(c1)CC[C@H]2NC(=O)O. The van der Waals surface area contributed by atoms with E-state index in [4.69, 9.17) is 5.11 Å². The zero-order valence-electron chi connectivity index (χ0n) is 14.5. The van der Waals surface area contributed by atoms with Gasteiger partial charge in [-0.3, -0.25) is 0 Å². The van der Waals surface area contributed by atoms with Crippen molar-refractivity contribution >= 4 is 6.09 Å². The Morgan fingerprint density at radius 1 is 1.26 bits per heavy atom. The van der Waals surface area contributed by atoms with Crippen molar-refractivity contribution in [1.29, 1.82) is 0 Å². The first-order valence-corrected chi connectivity index (χ1v) is 9.08. The number of carboxylic acid groups (broad SMARTS) is 1. The summed E-state index contributed by atoms with van der Waals surface area (Å²) in [6.45, 7) is 7.09. The van der Waals surface area contributed by atoms with E-state index in [1.807, 2.05) is 0 Å². The quantitative estimate of drug-likeness (QED) is 0.813. The second-order valence-corrected chi connectivity index (χ2v) is 7.93. The third-order valence-corrected chi connectivity index (χ3v) is 5.99. The molecule has 0 heterocycles. The molecule has 1 aromatic carbocycles. The monoisotopic (exact) mass is 315 g/mol. The third kappa shape index (κ3) is 3.39. The Kier molecular flexibility index (Phi) is 4.65. The van der Waals surface area contributed by atoms with Crippen LogP contribution in [-0.2, 0) is 6.42 Å². The molecule has 126 valence electrons. The third-order valence-electron chi connectivity index (χ3n) is 5.99. The maximum atomic E-state index is 10.9. The number of amides is 1. The number of rotatable bonds is 3. The minimum atomic E-state index is -0.923. The predicted octanol–water partition coefficient (Wildman–Crippen LogP) is 5.12. The molecule has 0 aromatic heterocycles. The van der Waals surface area contributed by atoms with E-state index in [-0.39, 0.29) is 6.04 Å². The normalized spacial score (nSPS) is 30.3. The molecule has 23 heavy (non-hydrogen) atoms. The molecule has 0 unspecified atom stereocenters. The minimum Gasteiger partial charge on any atom is -0.465 e. The van der Waals surface area contributed by atoms with Gasteiger partial charge in [0.05, 0.1) is 6.04 Å². The highest BCUT2D eigenvalue weighted by Crippen LogP contribution is 2.45. The summed E-state index contributed by atoms with van der Waals surface area (Å²) in [6, 6.07) is 6.78. The molecule has 1 saturated carbocycles. The molecule has 2 N–H and O–H groups in total. The number of hydrogen-bond acceptors (Lipinski definition) is 1. The molecule has 2 aliphatic rings. The predicted molar refractivity (Wildman–Crippen MR) is 92.7 cm³/mol. The molecule has 0 saturated heterocycles. The van der Waals surface area contributed by atoms with Crippen LogP contribution in [0.15, 0.2) is 18.2 Å². The van der Waals surface area contributed by atoms with Crippen LogP contribution in [-0.4, -0.2) is 11.2 Å². The Bertz CT molecular complexity index is 581. The van der Waals surface area contributed by atoms with Gasteiger partial charge >= 0.3 is 6.09 Å². The highest BCUT2D eigenvalue weighted by atomic mass is 16.4. The van der Waals surface area contributed by atoms with E-state index in [1.54, 1.807) is 0 Å². The molecule has 1 amide bonds. The molecular weight excluding hydrogens is 286 g/mol. The lowest BCUT2D eigenvalue weighted by atomic mass is 9.67. The Morgan fingerprint density at radius 3 is 2.74 bits per heavy atom. The Hall–Kier alpha value is -1.51. The molecule has 0 bridgehead atoms. The van der Waals surface area contributed by atoms with Gasteiger partial charge in [0, 0.05) is 0 Å². The molecule has 3 rings (SSSR count). The van der Waals surface area contributed by atoms with Gasteiger partial charge in [0.25, 0.3) is 0 Å². The van der Waals surface area contributed by atoms with Gasteiger partial charge in [0.1, 0.15) is 0 Å². The summed E-state index contributed by atoms with van der Waals surface area (Å²) in [6.07, 6.45) is 4.94. The summed E-state index contributed by atoms with van der Waals surface area (Å²) in [5.74, 6) is 2.97. The molecule has 0 aliphatic heterocycles. The summed E-state index contributed by atoms with van der Waals surface area (Å²) < 4.78 is 0. The fraction of sp³-hybridized carbons (Fsp3) is 0.650. The topological polar surface area (TPSA) is 49.3 Å². The highest BCUT2D eigenvalue weighted by molar-refractivity contribution is 5.65. The second-order valence-electron chi connectivity index (χ2n) is 7.93. The fourth-order valence-corrected chi connectivity index (χ4v) is 4.75. The van der Waals surface area contributed by atoms with Crippen LogP contribution in [0.5, 0.6) is 0 Å². The number of benzene rings is 1. The van der Waals surface area contributed by atoms with E-state index in [0.29, 0.717) is 5.92 Å². The van der Waals surface area contributed by atoms with Crippen molar-refractivity contribution in [2.24, 2.45) is 17.8 Å². The fourth-order valence-electron chi connectivity index (χ4n) is 4.75. The molecule has 1 aromatic rings. The first kappa shape index (κ1) is 16.4. The molecule has 3 nitrogen and oxygen atoms in total. The van der Waals surface area contributed by atoms with E-state index in [2.05, 4.69) is 44.3 Å². The molecule has 1 fully saturated rings. The van der Waals surface area contributed by atoms with Gasteiger partial charge in [-0.15, -0.1) is 0 Å². The Labute approximate surface area is 139 Å². The van der Waals surface area contributed by atoms with E-state index in [0.717, 1.165) is 30.6 Å². The van der Waals surface area contributed by atoms with Crippen molar-refractivity contribution in [2.45, 2.75) is 64.8 Å². The van der Waals surface area contributed by atoms with Gasteiger partial charge in [0.2, 0.25) is 0 Å². The maximum Gasteiger partial charge on any atom is 0.405 e. The zero-order chi connectivity index (χ0) is 16.6. The van der Waals surface area contributed by atoms with Gasteiger partial charge in [-0.1, -0.05) is 45.4 Å². The Balaban J connectivity index is 1.85. The average molecular weight is 315 g/mol. The van der Waals surface area contributed by atoms with E-state index < -0.39 is 6.09 Å². The van der Waals surface area contributed by atoms with Crippen molar-refractivity contribution in [2.75, 3.05) is 0 Å². The summed E-state index contributed by atoms with van der Waals surface area (Å²) in [5, 5.41) is 11.6. The van der Waals surface area contributed by atoms with Crippen LogP contribution in [0.25, 0.3) is 0 Å². The average Bonchev–Trinajstić information content (AvgIpc) is 2.88. The van der Waals surface area contributed by atoms with E-state index in [9.17, 15) is 4.79 Å². The summed E-state index contributed by atoms with van der Waals surface area (Å²) >= 11 is 0. The zero-order valence-corrected chi connectivity index (χ0v) is 14.5. The van der Waals surface area contributed by atoms with Crippen LogP contribution >= 0.6 is 0 Å². The molecule has 0 spiro atoms. The number of hydrogen-bond donors (Lipinski definition) is 2. The van der Waals surface area contributed by atoms with Crippen LogP contribution in [0.2, 0.25) is 0 Å². The second kappa shape index (κ2) is 6.54. The summed E-state index contributed by atoms with van der Waals surface area (Å²) in [5.41, 5.74) is 4.01. The van der Waals surface area contributed by atoms with Crippen molar-refractivity contribution in [1.82, 2.24) is 5.32 Å². The van der Waals surface area contributed by atoms with Gasteiger partial charge < -0.3 is 10.4 Å². The van der Waals surface area contributed by atoms with Crippen LogP contribution in [0.4, 0.5) is 4.79 Å². The minimum absolute atomic E-state index is 0.0253. The first-order valence-electron chi connectivity index (χ1n) is 9.08. The number of carbonyl (C=O) groups is 1. The van der Waals surface area contributed by atoms with Crippen molar-refractivity contribution < 1.29 is 9.90 Å². The van der Waals surface area contributed by atoms with E-state index >= 15 is 0 Å². The van der Waals surface area contributed by atoms with Crippen LogP contribution in [0, 0.1) is 17.8 Å². The van der Waals surface area contributed by atoms with Crippen molar-refractivity contribution in [3.05, 3.63) is 34.9 Å². The van der Waals surface area contributed by atoms with Crippen molar-refractivity contribution in [3.8, 4) is 0 Å². The molecule has 2 aliphatic carbocycles. The van der Waals surface area contributed by atoms with Gasteiger partial charge in [-0.05, 0) is 66.0 Å².